The number of sulfonamides is 1. The maximum absolute atomic E-state index is 12.9. The van der Waals surface area contributed by atoms with E-state index in [2.05, 4.69) is 9.62 Å². The lowest BCUT2D eigenvalue weighted by molar-refractivity contribution is 0.344. The Balaban J connectivity index is 2.05. The van der Waals surface area contributed by atoms with Crippen molar-refractivity contribution in [3.8, 4) is 0 Å². The van der Waals surface area contributed by atoms with Crippen LogP contribution < -0.4 is 4.72 Å². The molecule has 1 fully saturated rings. The van der Waals surface area contributed by atoms with Gasteiger partial charge in [0, 0.05) is 13.1 Å². The smallest absolute Gasteiger partial charge is 0.302 e. The van der Waals surface area contributed by atoms with Crippen molar-refractivity contribution in [2.75, 3.05) is 26.2 Å². The number of nitrogens with one attached hydrogen (secondary N) is 1. The molecule has 0 aromatic heterocycles. The highest BCUT2D eigenvalue weighted by Gasteiger charge is 2.19. The van der Waals surface area contributed by atoms with Gasteiger partial charge in [0.2, 0.25) is 10.0 Å². The Hall–Kier alpha value is -1.03. The fourth-order valence-corrected chi connectivity index (χ4v) is 3.87. The summed E-state index contributed by atoms with van der Waals surface area (Å²) in [7, 11) is -8.76. The Morgan fingerprint density at radius 1 is 1.10 bits per heavy atom. The molecule has 0 amide bonds. The van der Waals surface area contributed by atoms with Crippen LogP contribution in [0.3, 0.4) is 0 Å². The summed E-state index contributed by atoms with van der Waals surface area (Å²) in [6.45, 7) is 2.74. The first-order valence-electron chi connectivity index (χ1n) is 6.56. The maximum atomic E-state index is 12.9. The summed E-state index contributed by atoms with van der Waals surface area (Å²) in [4.78, 5) is 1.22. The van der Waals surface area contributed by atoms with Crippen LogP contribution in [0.25, 0.3) is 0 Å². The molecule has 21 heavy (non-hydrogen) atoms. The summed E-state index contributed by atoms with van der Waals surface area (Å²) in [6, 6.07) is 4.25. The summed E-state index contributed by atoms with van der Waals surface area (Å²) in [5, 5.41) is 0. The third-order valence-corrected chi connectivity index (χ3v) is 5.59. The minimum atomic E-state index is -4.92. The van der Waals surface area contributed by atoms with Crippen molar-refractivity contribution in [3.63, 3.8) is 0 Å². The number of likely N-dealkylation sites (tertiary alicyclic amines) is 1. The predicted octanol–water partition coefficient (Wildman–Crippen LogP) is 0.719. The quantitative estimate of drug-likeness (QED) is 0.774. The fourth-order valence-electron chi connectivity index (χ4n) is 2.22. The van der Waals surface area contributed by atoms with Gasteiger partial charge >= 0.3 is 10.2 Å². The van der Waals surface area contributed by atoms with Crippen molar-refractivity contribution in [2.45, 2.75) is 22.6 Å². The van der Waals surface area contributed by atoms with Gasteiger partial charge in [-0.05, 0) is 44.1 Å². The zero-order valence-electron chi connectivity index (χ0n) is 11.3. The van der Waals surface area contributed by atoms with Gasteiger partial charge < -0.3 is 4.90 Å². The Morgan fingerprint density at radius 2 is 1.71 bits per heavy atom. The van der Waals surface area contributed by atoms with Crippen LogP contribution in [-0.2, 0) is 20.2 Å². The Morgan fingerprint density at radius 3 is 2.33 bits per heavy atom. The summed E-state index contributed by atoms with van der Waals surface area (Å²) in [5.74, 6) is 0. The SMILES string of the molecule is O=S(=O)(F)c1cccc(S(=O)(=O)NCCN2CCCC2)c1. The normalized spacial score (nSPS) is 17.2. The molecule has 1 heterocycles. The first kappa shape index (κ1) is 16.3. The first-order chi connectivity index (χ1) is 9.79. The van der Waals surface area contributed by atoms with Gasteiger partial charge in [0.1, 0.15) is 0 Å². The van der Waals surface area contributed by atoms with Crippen LogP contribution in [0.15, 0.2) is 34.1 Å². The Kier molecular flexibility index (Phi) is 4.97. The highest BCUT2D eigenvalue weighted by Crippen LogP contribution is 2.17. The van der Waals surface area contributed by atoms with Gasteiger partial charge in [-0.25, -0.2) is 13.1 Å². The van der Waals surface area contributed by atoms with E-state index < -0.39 is 25.1 Å². The van der Waals surface area contributed by atoms with E-state index in [1.54, 1.807) is 0 Å². The molecule has 0 atom stereocenters. The van der Waals surface area contributed by atoms with Gasteiger partial charge in [-0.15, -0.1) is 3.89 Å². The van der Waals surface area contributed by atoms with Gasteiger partial charge in [0.25, 0.3) is 0 Å². The number of halogens is 1. The maximum Gasteiger partial charge on any atom is 0.332 e. The summed E-state index contributed by atoms with van der Waals surface area (Å²) in [5.41, 5.74) is 0. The molecule has 1 aliphatic heterocycles. The summed E-state index contributed by atoms with van der Waals surface area (Å²) < 4.78 is 61.0. The molecular formula is C12H17FN2O4S2. The highest BCUT2D eigenvalue weighted by molar-refractivity contribution is 7.89. The molecule has 2 rings (SSSR count). The molecule has 9 heteroatoms. The van der Waals surface area contributed by atoms with Crippen LogP contribution in [0, 0.1) is 0 Å². The van der Waals surface area contributed by atoms with Gasteiger partial charge in [0.05, 0.1) is 9.79 Å². The third kappa shape index (κ3) is 4.47. The number of benzene rings is 1. The molecular weight excluding hydrogens is 319 g/mol. The van der Waals surface area contributed by atoms with Gasteiger partial charge in [-0.1, -0.05) is 6.07 Å². The van der Waals surface area contributed by atoms with Crippen LogP contribution >= 0.6 is 0 Å². The molecule has 0 spiro atoms. The molecule has 0 aliphatic carbocycles. The van der Waals surface area contributed by atoms with E-state index in [1.807, 2.05) is 0 Å². The second kappa shape index (κ2) is 6.39. The molecule has 1 aliphatic rings. The average molecular weight is 336 g/mol. The molecule has 1 saturated heterocycles. The van der Waals surface area contributed by atoms with E-state index in [0.717, 1.165) is 38.1 Å². The zero-order chi connectivity index (χ0) is 15.5. The molecule has 0 radical (unpaired) electrons. The van der Waals surface area contributed by atoms with Crippen molar-refractivity contribution < 1.29 is 20.7 Å². The van der Waals surface area contributed by atoms with Crippen LogP contribution in [0.1, 0.15) is 12.8 Å². The molecule has 118 valence electrons. The van der Waals surface area contributed by atoms with Crippen molar-refractivity contribution in [1.82, 2.24) is 9.62 Å². The lowest BCUT2D eigenvalue weighted by atomic mass is 10.4. The van der Waals surface area contributed by atoms with E-state index in [1.165, 1.54) is 12.1 Å². The number of hydrogen-bond acceptors (Lipinski definition) is 5. The van der Waals surface area contributed by atoms with E-state index in [4.69, 9.17) is 0 Å². The third-order valence-electron chi connectivity index (χ3n) is 3.32. The predicted molar refractivity (Wildman–Crippen MR) is 75.6 cm³/mol. The van der Waals surface area contributed by atoms with Crippen LogP contribution in [-0.4, -0.2) is 47.9 Å². The van der Waals surface area contributed by atoms with Crippen LogP contribution in [0.4, 0.5) is 3.89 Å². The zero-order valence-corrected chi connectivity index (χ0v) is 13.0. The Labute approximate surface area is 124 Å². The fraction of sp³-hybridized carbons (Fsp3) is 0.500. The molecule has 1 aromatic carbocycles. The van der Waals surface area contributed by atoms with E-state index >= 15 is 0 Å². The molecule has 0 unspecified atom stereocenters. The molecule has 1 N–H and O–H groups in total. The Bertz CT molecular complexity index is 698. The van der Waals surface area contributed by atoms with Crippen molar-refractivity contribution in [1.29, 1.82) is 0 Å². The van der Waals surface area contributed by atoms with Gasteiger partial charge in [-0.3, -0.25) is 0 Å². The lowest BCUT2D eigenvalue weighted by Crippen LogP contribution is -2.33. The number of nitrogens with zero attached hydrogens (tertiary/aromatic N) is 1. The monoisotopic (exact) mass is 336 g/mol. The van der Waals surface area contributed by atoms with E-state index in [-0.39, 0.29) is 11.4 Å². The van der Waals surface area contributed by atoms with Gasteiger partial charge in [0.15, 0.2) is 0 Å². The van der Waals surface area contributed by atoms with Gasteiger partial charge in [-0.2, -0.15) is 8.42 Å². The van der Waals surface area contributed by atoms with Crippen molar-refractivity contribution in [2.24, 2.45) is 0 Å². The minimum absolute atomic E-state index is 0.231. The second-order valence-electron chi connectivity index (χ2n) is 4.86. The summed E-state index contributed by atoms with van der Waals surface area (Å²) >= 11 is 0. The standard InChI is InChI=1S/C12H17FN2O4S2/c13-20(16,17)11-4-3-5-12(10-11)21(18,19)14-6-9-15-7-1-2-8-15/h3-5,10,14H,1-2,6-9H2. The largest absolute Gasteiger partial charge is 0.332 e. The molecule has 0 bridgehead atoms. The topological polar surface area (TPSA) is 83.5 Å². The minimum Gasteiger partial charge on any atom is -0.302 e. The van der Waals surface area contributed by atoms with Crippen LogP contribution in [0.5, 0.6) is 0 Å². The molecule has 1 aromatic rings. The van der Waals surface area contributed by atoms with E-state index in [9.17, 15) is 20.7 Å². The lowest BCUT2D eigenvalue weighted by Gasteiger charge is -2.14. The number of rotatable bonds is 6. The van der Waals surface area contributed by atoms with Crippen LogP contribution in [0.2, 0.25) is 0 Å². The van der Waals surface area contributed by atoms with E-state index in [0.29, 0.717) is 6.54 Å². The number of hydrogen-bond donors (Lipinski definition) is 1. The van der Waals surface area contributed by atoms with Crippen molar-refractivity contribution in [3.05, 3.63) is 24.3 Å². The van der Waals surface area contributed by atoms with Crippen molar-refractivity contribution >= 4 is 20.2 Å². The summed E-state index contributed by atoms with van der Waals surface area (Å²) in [6.07, 6.45) is 2.23. The highest BCUT2D eigenvalue weighted by atomic mass is 32.3. The second-order valence-corrected chi connectivity index (χ2v) is 7.97. The molecule has 0 saturated carbocycles. The first-order valence-corrected chi connectivity index (χ1v) is 9.42. The molecule has 6 nitrogen and oxygen atoms in total. The average Bonchev–Trinajstić information content (AvgIpc) is 2.91.